The van der Waals surface area contributed by atoms with Crippen LogP contribution in [0.5, 0.6) is 23.0 Å². The number of hydroxylamine groups is 3. The monoisotopic (exact) mass is 838 g/mol. The molecule has 0 unspecified atom stereocenters. The molecule has 6 N–H and O–H groups in total. The number of phenols is 3. The van der Waals surface area contributed by atoms with Crippen LogP contribution in [-0.4, -0.2) is 130 Å². The largest absolute Gasteiger partial charge is 0.633 e. The number of rotatable bonds is 4. The predicted molar refractivity (Wildman–Crippen MR) is 222 cm³/mol. The molecule has 328 valence electrons. The summed E-state index contributed by atoms with van der Waals surface area (Å²) in [7, 11) is 2.98. The van der Waals surface area contributed by atoms with Gasteiger partial charge in [0.1, 0.15) is 23.4 Å². The van der Waals surface area contributed by atoms with Gasteiger partial charge in [-0.25, -0.2) is 0 Å². The van der Waals surface area contributed by atoms with Crippen LogP contribution in [0.1, 0.15) is 70.0 Å². The maximum Gasteiger partial charge on any atom is 0.312 e. The standard InChI is InChI=1S/C43H58N4O13/c1-21-12-11-13-22(2)42(55)45-33-28(20-44-46-15-17-47(9,56)18-16-46)37(52)30-31(38(33)53)36(51)26(6)40-32(30)41(54)43(8,60-40)58-19-14-29(57-10)23(3)39(59-27(7)48)25(5)35(50)24(4)34(21)49/h11-14,19-21,23-25,29,34-35,39,49-53H,15-18H2,1-10H3,(H,45,55)/b12-11-,19-14?,22-13-,44-20+/t21-,23+,24+,25+,29-,34-,35+,39+,43-/m0/s1. The smallest absolute Gasteiger partial charge is 0.312 e. The number of fused-ring (bicyclic) bond motifs is 14. The van der Waals surface area contributed by atoms with Crippen LogP contribution in [0.2, 0.25) is 0 Å². The summed E-state index contributed by atoms with van der Waals surface area (Å²) in [6.07, 6.45) is 4.60. The average molecular weight is 839 g/mol. The first-order chi connectivity index (χ1) is 28.0. The highest BCUT2D eigenvalue weighted by atomic mass is 16.7. The Hall–Kier alpha value is -5.20. The number of esters is 1. The van der Waals surface area contributed by atoms with Crippen LogP contribution in [0.15, 0.2) is 41.2 Å². The van der Waals surface area contributed by atoms with Crippen molar-refractivity contribution in [1.82, 2.24) is 5.01 Å². The van der Waals surface area contributed by atoms with Crippen molar-refractivity contribution < 1.29 is 63.5 Å². The highest BCUT2D eigenvalue weighted by molar-refractivity contribution is 6.23. The van der Waals surface area contributed by atoms with Crippen LogP contribution in [-0.2, 0) is 23.8 Å². The van der Waals surface area contributed by atoms with E-state index < -0.39 is 93.4 Å². The highest BCUT2D eigenvalue weighted by Gasteiger charge is 2.50. The lowest BCUT2D eigenvalue weighted by atomic mass is 9.78. The fourth-order valence-corrected chi connectivity index (χ4v) is 8.00. The van der Waals surface area contributed by atoms with Gasteiger partial charge in [-0.15, -0.1) is 0 Å². The third kappa shape index (κ3) is 8.95. The number of hydrazone groups is 1. The number of ether oxygens (including phenoxy) is 4. The number of aliphatic hydroxyl groups excluding tert-OH is 2. The Labute approximate surface area is 349 Å². The molecule has 0 aromatic heterocycles. The first-order valence-corrected chi connectivity index (χ1v) is 20.0. The number of hydrogen-bond acceptors (Lipinski definition) is 15. The minimum Gasteiger partial charge on any atom is -0.633 e. The third-order valence-electron chi connectivity index (χ3n) is 12.0. The molecule has 0 radical (unpaired) electrons. The Morgan fingerprint density at radius 2 is 1.65 bits per heavy atom. The zero-order valence-corrected chi connectivity index (χ0v) is 35.8. The molecule has 4 aliphatic heterocycles. The number of benzene rings is 2. The van der Waals surface area contributed by atoms with Gasteiger partial charge in [-0.1, -0.05) is 45.9 Å². The summed E-state index contributed by atoms with van der Waals surface area (Å²) in [5, 5.41) is 78.9. The third-order valence-corrected chi connectivity index (χ3v) is 12.0. The normalized spacial score (nSPS) is 31.8. The molecule has 0 aliphatic carbocycles. The number of methoxy groups -OCH3 is 1. The molecule has 17 heteroatoms. The maximum absolute atomic E-state index is 14.4. The molecule has 0 saturated carbocycles. The lowest BCUT2D eigenvalue weighted by Gasteiger charge is -2.44. The molecule has 9 atom stereocenters. The SMILES string of the molecule is CO[C@H]1C=CO[C@@]2(C)Oc3c(C)c(O)c4c(O)c(c(/C=N/N5CC[N+](C)([O-])CC5)c(O)c4c3C2=O)NC(=O)/C(C)=C\C=C/[C@H](C)[C@H](O)[C@@H](C)[C@@H](O)[C@@H](C)[C@H](OC(C)=O)[C@@H]1C. The molecular weight excluding hydrogens is 780 g/mol. The Balaban J connectivity index is 1.70. The van der Waals surface area contributed by atoms with Gasteiger partial charge in [0.05, 0.1) is 86.2 Å². The number of carbonyl (C=O) groups excluding carboxylic acids is 3. The van der Waals surface area contributed by atoms with Gasteiger partial charge < -0.3 is 59.7 Å². The quantitative estimate of drug-likeness (QED) is 0.0627. The fraction of sp³-hybridized carbons (Fsp3) is 0.535. The van der Waals surface area contributed by atoms with Crippen molar-refractivity contribution in [2.75, 3.05) is 45.7 Å². The summed E-state index contributed by atoms with van der Waals surface area (Å²) in [6.45, 7) is 13.4. The Morgan fingerprint density at radius 3 is 2.27 bits per heavy atom. The summed E-state index contributed by atoms with van der Waals surface area (Å²) in [5.41, 5.74) is -0.581. The summed E-state index contributed by atoms with van der Waals surface area (Å²) in [5.74, 6) is -8.69. The molecule has 1 fully saturated rings. The van der Waals surface area contributed by atoms with Crippen LogP contribution in [0, 0.1) is 35.8 Å². The van der Waals surface area contributed by atoms with Gasteiger partial charge in [0.15, 0.2) is 5.75 Å². The molecule has 4 heterocycles. The number of anilines is 1. The van der Waals surface area contributed by atoms with Crippen LogP contribution in [0.4, 0.5) is 5.69 Å². The number of carbonyl (C=O) groups is 3. The van der Waals surface area contributed by atoms with E-state index in [1.165, 1.54) is 59.4 Å². The van der Waals surface area contributed by atoms with Crippen molar-refractivity contribution in [3.05, 3.63) is 58.0 Å². The van der Waals surface area contributed by atoms with Crippen molar-refractivity contribution in [3.8, 4) is 23.0 Å². The molecular formula is C43H58N4O13. The molecule has 2 aromatic carbocycles. The van der Waals surface area contributed by atoms with Gasteiger partial charge in [-0.2, -0.15) is 5.10 Å². The van der Waals surface area contributed by atoms with Gasteiger partial charge in [0.2, 0.25) is 0 Å². The molecule has 60 heavy (non-hydrogen) atoms. The number of hydrogen-bond donors (Lipinski definition) is 6. The van der Waals surface area contributed by atoms with E-state index in [1.54, 1.807) is 51.9 Å². The molecule has 2 aromatic rings. The Kier molecular flexibility index (Phi) is 13.6. The number of aromatic hydroxyl groups is 3. The molecule has 1 amide bonds. The van der Waals surface area contributed by atoms with Crippen LogP contribution >= 0.6 is 0 Å². The number of allylic oxidation sites excluding steroid dienone is 2. The van der Waals surface area contributed by atoms with E-state index in [9.17, 15) is 45.1 Å². The lowest BCUT2D eigenvalue weighted by Crippen LogP contribution is -2.52. The number of phenolic OH excluding ortho intramolecular Hbond substituents is 3. The zero-order chi connectivity index (χ0) is 44.6. The first kappa shape index (κ1) is 45.9. The number of amides is 1. The van der Waals surface area contributed by atoms with E-state index in [0.29, 0.717) is 0 Å². The van der Waals surface area contributed by atoms with Gasteiger partial charge in [0, 0.05) is 61.2 Å². The number of nitrogens with zero attached hydrogens (tertiary/aromatic N) is 3. The number of aliphatic hydroxyl groups is 2. The van der Waals surface area contributed by atoms with E-state index in [-0.39, 0.29) is 70.7 Å². The van der Waals surface area contributed by atoms with Gasteiger partial charge in [-0.05, 0) is 19.9 Å². The van der Waals surface area contributed by atoms with Crippen molar-refractivity contribution in [2.24, 2.45) is 28.8 Å². The van der Waals surface area contributed by atoms with Gasteiger partial charge in [-0.3, -0.25) is 19.4 Å². The molecule has 6 rings (SSSR count). The van der Waals surface area contributed by atoms with E-state index >= 15 is 0 Å². The molecule has 0 spiro atoms. The zero-order valence-electron chi connectivity index (χ0n) is 35.8. The molecule has 17 nitrogen and oxygen atoms in total. The van der Waals surface area contributed by atoms with Gasteiger partial charge in [0.25, 0.3) is 11.7 Å². The second-order valence-electron chi connectivity index (χ2n) is 16.6. The van der Waals surface area contributed by atoms with Crippen LogP contribution in [0.25, 0.3) is 10.8 Å². The van der Waals surface area contributed by atoms with E-state index in [4.69, 9.17) is 18.9 Å². The van der Waals surface area contributed by atoms with E-state index in [2.05, 4.69) is 10.4 Å². The minimum atomic E-state index is -2.07. The lowest BCUT2D eigenvalue weighted by molar-refractivity contribution is -0.865. The molecule has 1 saturated heterocycles. The second kappa shape index (κ2) is 17.8. The number of piperazine rings is 1. The van der Waals surface area contributed by atoms with Crippen molar-refractivity contribution >= 4 is 40.3 Å². The number of Topliss-reactive ketones (excluding diaryl/α,β-unsaturated/α-hetero) is 1. The highest BCUT2D eigenvalue weighted by Crippen LogP contribution is 2.55. The summed E-state index contributed by atoms with van der Waals surface area (Å²) in [4.78, 5) is 40.5. The number of likely N-dealkylation sites (N-methyl/N-ethyl adjacent to an activating group) is 1. The van der Waals surface area contributed by atoms with Crippen molar-refractivity contribution in [3.63, 3.8) is 0 Å². The van der Waals surface area contributed by atoms with Gasteiger partial charge >= 0.3 is 11.8 Å². The first-order valence-electron chi connectivity index (χ1n) is 20.0. The summed E-state index contributed by atoms with van der Waals surface area (Å²) in [6, 6.07) is 0. The predicted octanol–water partition coefficient (Wildman–Crippen LogP) is 4.35. The fourth-order valence-electron chi connectivity index (χ4n) is 8.00. The van der Waals surface area contributed by atoms with E-state index in [1.807, 2.05) is 0 Å². The van der Waals surface area contributed by atoms with Crippen molar-refractivity contribution in [2.45, 2.75) is 85.6 Å². The average Bonchev–Trinajstić information content (AvgIpc) is 3.46. The summed E-state index contributed by atoms with van der Waals surface area (Å²) < 4.78 is 23.1. The van der Waals surface area contributed by atoms with Crippen LogP contribution in [0.3, 0.4) is 0 Å². The summed E-state index contributed by atoms with van der Waals surface area (Å²) >= 11 is 0. The second-order valence-corrected chi connectivity index (χ2v) is 16.6. The maximum atomic E-state index is 14.4. The molecule has 4 aliphatic rings. The Morgan fingerprint density at radius 1 is 1.00 bits per heavy atom. The van der Waals surface area contributed by atoms with Crippen molar-refractivity contribution in [1.29, 1.82) is 0 Å². The topological polar surface area (TPSA) is 240 Å². The number of nitrogens with one attached hydrogen (secondary N) is 1. The Bertz CT molecular complexity index is 2120. The number of quaternary nitrogens is 1. The minimum absolute atomic E-state index is 0.0279. The number of ketones is 1. The van der Waals surface area contributed by atoms with Crippen LogP contribution < -0.4 is 10.1 Å². The molecule has 5 bridgehead atoms. The van der Waals surface area contributed by atoms with E-state index in [0.717, 1.165) is 0 Å².